The molecule has 0 radical (unpaired) electrons. The van der Waals surface area contributed by atoms with E-state index in [9.17, 15) is 0 Å². The zero-order valence-electron chi connectivity index (χ0n) is 51.9. The van der Waals surface area contributed by atoms with Crippen LogP contribution in [-0.2, 0) is 0 Å². The third-order valence-electron chi connectivity index (χ3n) is 19.9. The Hall–Kier alpha value is -12.4. The Bertz CT molecular complexity index is 5260. The summed E-state index contributed by atoms with van der Waals surface area (Å²) in [5, 5.41) is 4.94. The van der Waals surface area contributed by atoms with Gasteiger partial charge in [0, 0.05) is 67.0 Å². The molecule has 0 atom stereocenters. The zero-order valence-corrected chi connectivity index (χ0v) is 51.9. The minimum absolute atomic E-state index is 0.131. The van der Waals surface area contributed by atoms with Gasteiger partial charge in [0.05, 0.1) is 22.1 Å². The lowest BCUT2D eigenvalue weighted by molar-refractivity contribution is 1.17. The Morgan fingerprint density at radius 2 is 0.484 bits per heavy atom. The third-order valence-corrected chi connectivity index (χ3v) is 19.9. The van der Waals surface area contributed by atoms with Crippen molar-refractivity contribution in [2.45, 2.75) is 0 Å². The molecule has 0 N–H and O–H groups in total. The second-order valence-corrected chi connectivity index (χ2v) is 25.1. The maximum absolute atomic E-state index is 2.55. The number of aromatic nitrogens is 2. The molecule has 5 heteroatoms. The summed E-state index contributed by atoms with van der Waals surface area (Å²) in [5.41, 5.74) is 31.6. The highest BCUT2D eigenvalue weighted by Crippen LogP contribution is 2.49. The summed E-state index contributed by atoms with van der Waals surface area (Å²) in [6.07, 6.45) is 0. The maximum Gasteiger partial charge on any atom is 0.252 e. The van der Waals surface area contributed by atoms with Crippen molar-refractivity contribution in [3.63, 3.8) is 0 Å². The summed E-state index contributed by atoms with van der Waals surface area (Å²) in [6.45, 7) is -0.131. The highest BCUT2D eigenvalue weighted by atomic mass is 15.2. The largest absolute Gasteiger partial charge is 0.311 e. The van der Waals surface area contributed by atoms with Crippen LogP contribution in [0.25, 0.3) is 122 Å². The van der Waals surface area contributed by atoms with Crippen LogP contribution in [0.15, 0.2) is 358 Å². The van der Waals surface area contributed by atoms with Crippen LogP contribution in [-0.4, -0.2) is 15.8 Å². The number of hydrogen-bond donors (Lipinski definition) is 0. The molecule has 2 aromatic heterocycles. The number of fused-ring (bicyclic) bond motifs is 10. The Morgan fingerprint density at radius 1 is 0.200 bits per heavy atom. The normalized spacial score (nSPS) is 12.4. The van der Waals surface area contributed by atoms with E-state index >= 15 is 0 Å². The van der Waals surface area contributed by atoms with Gasteiger partial charge in [0.25, 0.3) is 6.71 Å². The summed E-state index contributed by atoms with van der Waals surface area (Å²) >= 11 is 0. The van der Waals surface area contributed by atoms with Crippen molar-refractivity contribution in [1.29, 1.82) is 0 Å². The van der Waals surface area contributed by atoms with Gasteiger partial charge in [0.2, 0.25) is 0 Å². The Balaban J connectivity index is 0.844. The second-order valence-electron chi connectivity index (χ2n) is 25.1. The van der Waals surface area contributed by atoms with Crippen molar-refractivity contribution < 1.29 is 0 Å². The van der Waals surface area contributed by atoms with E-state index in [-0.39, 0.29) is 6.71 Å². The van der Waals surface area contributed by atoms with Crippen LogP contribution in [0.4, 0.5) is 34.1 Å². The van der Waals surface area contributed by atoms with E-state index in [1.165, 1.54) is 116 Å². The highest BCUT2D eigenvalue weighted by Gasteiger charge is 2.44. The molecule has 95 heavy (non-hydrogen) atoms. The van der Waals surface area contributed by atoms with Crippen LogP contribution in [0.3, 0.4) is 0 Å². The van der Waals surface area contributed by atoms with E-state index in [0.717, 1.165) is 56.6 Å². The van der Waals surface area contributed by atoms with Crippen LogP contribution in [0.1, 0.15) is 0 Å². The van der Waals surface area contributed by atoms with Crippen molar-refractivity contribution in [2.75, 3.05) is 9.80 Å². The van der Waals surface area contributed by atoms with Gasteiger partial charge in [-0.15, -0.1) is 0 Å². The molecule has 4 nitrogen and oxygen atoms in total. The average molecular weight is 1210 g/mol. The monoisotopic (exact) mass is 1210 g/mol. The first-order chi connectivity index (χ1) is 47.2. The molecule has 0 fully saturated rings. The van der Waals surface area contributed by atoms with Crippen LogP contribution < -0.4 is 26.2 Å². The summed E-state index contributed by atoms with van der Waals surface area (Å²) in [7, 11) is 0. The fourth-order valence-electron chi connectivity index (χ4n) is 15.9. The van der Waals surface area contributed by atoms with E-state index in [4.69, 9.17) is 0 Å². The molecular formula is C90H59BN4. The standard InChI is InChI=1S/C90H59BN4/c1-5-24-60(25-6-1)70-36-21-37-71(61-26-7-2-8-27-61)88(70)64-46-50-66(51-47-64)92-84-44-23-45-85-90(84)91(78-56-54-68(58-86(78)92)94-80-40-17-13-32-74(80)75-33-14-18-41-81(75)94)79-57-55-69(95-82-42-19-15-34-76(82)77-35-16-20-43-83(77)95)59-87(79)93(85)67-52-48-65(49-53-67)89-72(62-28-9-3-10-29-62)38-22-39-73(89)63-30-11-4-12-31-63/h1-59H. The van der Waals surface area contributed by atoms with E-state index in [1.54, 1.807) is 0 Å². The lowest BCUT2D eigenvalue weighted by Crippen LogP contribution is -2.61. The summed E-state index contributed by atoms with van der Waals surface area (Å²) in [5.74, 6) is 0. The third kappa shape index (κ3) is 8.70. The maximum atomic E-state index is 2.55. The van der Waals surface area contributed by atoms with Gasteiger partial charge in [-0.1, -0.05) is 273 Å². The number of hydrogen-bond acceptors (Lipinski definition) is 2. The molecule has 0 saturated carbocycles. The fourth-order valence-corrected chi connectivity index (χ4v) is 15.9. The summed E-state index contributed by atoms with van der Waals surface area (Å²) in [4.78, 5) is 5.11. The number of rotatable bonds is 10. The van der Waals surface area contributed by atoms with Crippen LogP contribution in [0.2, 0.25) is 0 Å². The Morgan fingerprint density at radius 3 is 0.811 bits per heavy atom. The second kappa shape index (κ2) is 22.2. The molecule has 0 bridgehead atoms. The fraction of sp³-hybridized carbons (Fsp3) is 0. The van der Waals surface area contributed by atoms with Crippen molar-refractivity contribution in [3.05, 3.63) is 358 Å². The molecule has 19 rings (SSSR count). The molecule has 4 heterocycles. The van der Waals surface area contributed by atoms with Gasteiger partial charge in [-0.05, 0) is 168 Å². The van der Waals surface area contributed by atoms with Crippen molar-refractivity contribution in [2.24, 2.45) is 0 Å². The van der Waals surface area contributed by atoms with Crippen molar-refractivity contribution in [1.82, 2.24) is 9.13 Å². The number of para-hydroxylation sites is 4. The highest BCUT2D eigenvalue weighted by molar-refractivity contribution is 7.00. The van der Waals surface area contributed by atoms with Gasteiger partial charge in [0.1, 0.15) is 0 Å². The Labute approximate surface area is 552 Å². The zero-order chi connectivity index (χ0) is 62.5. The van der Waals surface area contributed by atoms with Crippen LogP contribution >= 0.6 is 0 Å². The lowest BCUT2D eigenvalue weighted by Gasteiger charge is -2.44. The topological polar surface area (TPSA) is 16.3 Å². The summed E-state index contributed by atoms with van der Waals surface area (Å²) < 4.78 is 4.92. The molecule has 2 aliphatic heterocycles. The first-order valence-corrected chi connectivity index (χ1v) is 32.9. The van der Waals surface area contributed by atoms with Crippen molar-refractivity contribution >= 4 is 101 Å². The molecule has 442 valence electrons. The van der Waals surface area contributed by atoms with E-state index < -0.39 is 0 Å². The van der Waals surface area contributed by atoms with Gasteiger partial charge in [-0.25, -0.2) is 0 Å². The van der Waals surface area contributed by atoms with Gasteiger partial charge in [-0.3, -0.25) is 0 Å². The van der Waals surface area contributed by atoms with Gasteiger partial charge < -0.3 is 18.9 Å². The SMILES string of the molecule is c1ccc(-c2cccc(-c3ccccc3)c2-c2ccc(N3c4cc(-n5c6ccccc6c6ccccc65)ccc4B4c5ccc(-n6c7ccccc7c7ccccc76)cc5N(c5ccc(-c6c(-c7ccccc7)cccc6-c6ccccc6)cc5)c5cccc3c54)cc2)cc1. The Kier molecular flexibility index (Phi) is 12.7. The van der Waals surface area contributed by atoms with Gasteiger partial charge >= 0.3 is 0 Å². The summed E-state index contributed by atoms with van der Waals surface area (Å²) in [6, 6.07) is 133. The lowest BCUT2D eigenvalue weighted by atomic mass is 9.33. The van der Waals surface area contributed by atoms with Crippen LogP contribution in [0, 0.1) is 0 Å². The molecule has 15 aromatic carbocycles. The predicted molar refractivity (Wildman–Crippen MR) is 402 cm³/mol. The number of nitrogens with zero attached hydrogens (tertiary/aromatic N) is 4. The number of benzene rings is 15. The molecule has 0 amide bonds. The smallest absolute Gasteiger partial charge is 0.252 e. The average Bonchev–Trinajstić information content (AvgIpc) is 1.07. The molecule has 2 aliphatic rings. The quantitative estimate of drug-likeness (QED) is 0.127. The van der Waals surface area contributed by atoms with E-state index in [0.29, 0.717) is 0 Å². The predicted octanol–water partition coefficient (Wildman–Crippen LogP) is 22.0. The number of anilines is 6. The minimum atomic E-state index is -0.131. The molecule has 17 aromatic rings. The molecular weight excluding hydrogens is 1150 g/mol. The molecule has 0 spiro atoms. The first kappa shape index (κ1) is 54.3. The molecule has 0 saturated heterocycles. The molecule has 0 unspecified atom stereocenters. The first-order valence-electron chi connectivity index (χ1n) is 32.9. The minimum Gasteiger partial charge on any atom is -0.311 e. The van der Waals surface area contributed by atoms with E-state index in [2.05, 4.69) is 377 Å². The van der Waals surface area contributed by atoms with Crippen molar-refractivity contribution in [3.8, 4) is 78.1 Å². The van der Waals surface area contributed by atoms with E-state index in [1.807, 2.05) is 0 Å². The van der Waals surface area contributed by atoms with Gasteiger partial charge in [0.15, 0.2) is 0 Å². The van der Waals surface area contributed by atoms with Crippen LogP contribution in [0.5, 0.6) is 0 Å². The van der Waals surface area contributed by atoms with Gasteiger partial charge in [-0.2, -0.15) is 0 Å². The molecule has 0 aliphatic carbocycles.